The average Bonchev–Trinajstić information content (AvgIpc) is 3.06. The Morgan fingerprint density at radius 1 is 1.28 bits per heavy atom. The molecule has 0 aliphatic heterocycles. The second-order valence-corrected chi connectivity index (χ2v) is 7.43. The Balaban J connectivity index is 0.00000300. The largest absolute Gasteiger partial charge is 0.342 e. The van der Waals surface area contributed by atoms with E-state index in [1.54, 1.807) is 37.1 Å². The van der Waals surface area contributed by atoms with E-state index in [2.05, 4.69) is 24.0 Å². The number of hydrogen-bond acceptors (Lipinski definition) is 5. The minimum absolute atomic E-state index is 0. The van der Waals surface area contributed by atoms with E-state index in [0.717, 1.165) is 0 Å². The molecule has 0 saturated carbocycles. The van der Waals surface area contributed by atoms with Crippen molar-refractivity contribution in [2.75, 3.05) is 13.6 Å². The fourth-order valence-corrected chi connectivity index (χ4v) is 3.02. The Hall–Kier alpha value is -2.51. The topological polar surface area (TPSA) is 85.2 Å². The summed E-state index contributed by atoms with van der Waals surface area (Å²) < 4.78 is 18.6. The molecule has 0 saturated heterocycles. The highest BCUT2D eigenvalue weighted by atomic mass is 35.5. The van der Waals surface area contributed by atoms with Gasteiger partial charge in [-0.1, -0.05) is 19.0 Å². The quantitative estimate of drug-likeness (QED) is 0.645. The van der Waals surface area contributed by atoms with Crippen LogP contribution in [0.2, 0.25) is 0 Å². The number of hydrogen-bond donors (Lipinski definition) is 1. The van der Waals surface area contributed by atoms with Gasteiger partial charge in [0.2, 0.25) is 0 Å². The molecule has 3 aromatic rings. The fourth-order valence-electron chi connectivity index (χ4n) is 3.02. The van der Waals surface area contributed by atoms with E-state index in [1.165, 1.54) is 12.1 Å². The third-order valence-electron chi connectivity index (χ3n) is 4.99. The average molecular weight is 421 g/mol. The van der Waals surface area contributed by atoms with Crippen molar-refractivity contribution in [2.24, 2.45) is 11.7 Å². The first kappa shape index (κ1) is 22.8. The predicted octanol–water partition coefficient (Wildman–Crippen LogP) is 4.20. The van der Waals surface area contributed by atoms with Gasteiger partial charge in [0.15, 0.2) is 0 Å². The van der Waals surface area contributed by atoms with Crippen LogP contribution in [0.1, 0.15) is 36.3 Å². The summed E-state index contributed by atoms with van der Waals surface area (Å²) in [5.41, 5.74) is 8.68. The molecule has 1 atom stereocenters. The van der Waals surface area contributed by atoms with Gasteiger partial charge in [-0.3, -0.25) is 4.79 Å². The summed E-state index contributed by atoms with van der Waals surface area (Å²) in [6, 6.07) is 7.68. The van der Waals surface area contributed by atoms with Crippen molar-refractivity contribution < 1.29 is 13.7 Å². The summed E-state index contributed by atoms with van der Waals surface area (Å²) in [5, 5.41) is 4.55. The number of carbonyl (C=O) groups is 1. The molecule has 8 heteroatoms. The lowest BCUT2D eigenvalue weighted by atomic mass is 10.0. The van der Waals surface area contributed by atoms with Gasteiger partial charge >= 0.3 is 0 Å². The third-order valence-corrected chi connectivity index (χ3v) is 4.99. The zero-order valence-electron chi connectivity index (χ0n) is 17.0. The number of aryl methyl sites for hydroxylation is 1. The number of benzene rings is 1. The Morgan fingerprint density at radius 3 is 2.55 bits per heavy atom. The van der Waals surface area contributed by atoms with Gasteiger partial charge < -0.3 is 15.2 Å². The first-order valence-corrected chi connectivity index (χ1v) is 9.32. The highest BCUT2D eigenvalue weighted by Crippen LogP contribution is 2.28. The Kier molecular flexibility index (Phi) is 7.32. The molecule has 2 aromatic heterocycles. The molecule has 0 bridgehead atoms. The van der Waals surface area contributed by atoms with Gasteiger partial charge in [0.05, 0.1) is 22.3 Å². The molecule has 0 aliphatic carbocycles. The van der Waals surface area contributed by atoms with Crippen LogP contribution < -0.4 is 5.73 Å². The molecule has 0 spiro atoms. The van der Waals surface area contributed by atoms with Crippen molar-refractivity contribution in [3.8, 4) is 11.3 Å². The van der Waals surface area contributed by atoms with Crippen LogP contribution in [0.3, 0.4) is 0 Å². The van der Waals surface area contributed by atoms with Crippen LogP contribution in [0, 0.1) is 18.7 Å². The fraction of sp³-hybridized carbons (Fsp3) is 0.381. The maximum absolute atomic E-state index is 13.3. The molecule has 0 aliphatic rings. The van der Waals surface area contributed by atoms with Crippen LogP contribution in [-0.4, -0.2) is 40.6 Å². The van der Waals surface area contributed by atoms with Crippen molar-refractivity contribution in [3.05, 3.63) is 47.4 Å². The van der Waals surface area contributed by atoms with Crippen LogP contribution in [0.25, 0.3) is 22.4 Å². The summed E-state index contributed by atoms with van der Waals surface area (Å²) in [5.74, 6) is -0.141. The van der Waals surface area contributed by atoms with Crippen LogP contribution in [0.5, 0.6) is 0 Å². The number of aromatic nitrogens is 2. The second kappa shape index (κ2) is 9.33. The van der Waals surface area contributed by atoms with Gasteiger partial charge in [0.1, 0.15) is 5.82 Å². The molecular weight excluding hydrogens is 395 g/mol. The van der Waals surface area contributed by atoms with E-state index in [4.69, 9.17) is 10.3 Å². The highest BCUT2D eigenvalue weighted by molar-refractivity contribution is 6.06. The van der Waals surface area contributed by atoms with Crippen LogP contribution in [0.15, 0.2) is 34.9 Å². The van der Waals surface area contributed by atoms with Gasteiger partial charge in [-0.2, -0.15) is 0 Å². The van der Waals surface area contributed by atoms with Crippen molar-refractivity contribution in [2.45, 2.75) is 33.2 Å². The molecule has 0 fully saturated rings. The third kappa shape index (κ3) is 4.92. The maximum atomic E-state index is 13.3. The molecule has 29 heavy (non-hydrogen) atoms. The van der Waals surface area contributed by atoms with Crippen LogP contribution in [-0.2, 0) is 0 Å². The Morgan fingerprint density at radius 2 is 1.93 bits per heavy atom. The molecule has 156 valence electrons. The summed E-state index contributed by atoms with van der Waals surface area (Å²) in [7, 11) is 1.75. The van der Waals surface area contributed by atoms with Gasteiger partial charge in [-0.05, 0) is 49.6 Å². The van der Waals surface area contributed by atoms with E-state index in [0.29, 0.717) is 46.8 Å². The minimum Gasteiger partial charge on any atom is -0.342 e. The zero-order valence-corrected chi connectivity index (χ0v) is 17.8. The molecule has 0 radical (unpaired) electrons. The molecule has 3 rings (SSSR count). The zero-order chi connectivity index (χ0) is 20.4. The molecule has 2 heterocycles. The number of nitrogens with zero attached hydrogens (tertiary/aromatic N) is 3. The van der Waals surface area contributed by atoms with E-state index in [9.17, 15) is 9.18 Å². The monoisotopic (exact) mass is 420 g/mol. The minimum atomic E-state index is -0.335. The smallest absolute Gasteiger partial charge is 0.259 e. The van der Waals surface area contributed by atoms with E-state index in [-0.39, 0.29) is 35.9 Å². The summed E-state index contributed by atoms with van der Waals surface area (Å²) >= 11 is 0. The number of amides is 1. The number of carbonyl (C=O) groups excluding carboxylic acids is 1. The van der Waals surface area contributed by atoms with E-state index >= 15 is 0 Å². The molecule has 2 N–H and O–H groups in total. The number of pyridine rings is 1. The molecule has 1 amide bonds. The molecular formula is C21H26ClFN4O2. The summed E-state index contributed by atoms with van der Waals surface area (Å²) in [4.78, 5) is 19.3. The van der Waals surface area contributed by atoms with E-state index < -0.39 is 0 Å². The number of halogens is 2. The Labute approximate surface area is 175 Å². The van der Waals surface area contributed by atoms with E-state index in [1.807, 2.05) is 0 Å². The lowest BCUT2D eigenvalue weighted by Gasteiger charge is -2.22. The molecule has 6 nitrogen and oxygen atoms in total. The van der Waals surface area contributed by atoms with Crippen molar-refractivity contribution >= 4 is 29.4 Å². The summed E-state index contributed by atoms with van der Waals surface area (Å²) in [6.45, 7) is 6.44. The predicted molar refractivity (Wildman–Crippen MR) is 114 cm³/mol. The number of nitrogens with two attached hydrogens (primary N) is 1. The lowest BCUT2D eigenvalue weighted by Crippen LogP contribution is -2.34. The highest BCUT2D eigenvalue weighted by Gasteiger charge is 2.22. The number of rotatable bonds is 6. The standard InChI is InChI=1S/C21H25FN4O2.ClH/c1-12(2)17(23)9-10-26(4)21(27)16-11-18(14-5-7-15(22)8-6-14)24-20-19(16)13(3)25-28-20;/h5-8,11-12,17H,9-10,23H2,1-4H3;1H. The lowest BCUT2D eigenvalue weighted by molar-refractivity contribution is 0.0791. The van der Waals surface area contributed by atoms with Gasteiger partial charge in [-0.25, -0.2) is 9.37 Å². The van der Waals surface area contributed by atoms with Crippen molar-refractivity contribution in [1.29, 1.82) is 0 Å². The van der Waals surface area contributed by atoms with Crippen LogP contribution >= 0.6 is 12.4 Å². The Bertz CT molecular complexity index is 988. The van der Waals surface area contributed by atoms with Crippen LogP contribution in [0.4, 0.5) is 4.39 Å². The van der Waals surface area contributed by atoms with Crippen molar-refractivity contribution in [1.82, 2.24) is 15.0 Å². The maximum Gasteiger partial charge on any atom is 0.259 e. The molecule has 1 aromatic carbocycles. The first-order valence-electron chi connectivity index (χ1n) is 9.32. The second-order valence-electron chi connectivity index (χ2n) is 7.43. The van der Waals surface area contributed by atoms with Gasteiger partial charge in [-0.15, -0.1) is 12.4 Å². The van der Waals surface area contributed by atoms with Gasteiger partial charge in [0.25, 0.3) is 11.6 Å². The first-order chi connectivity index (χ1) is 13.3. The van der Waals surface area contributed by atoms with Gasteiger partial charge in [0, 0.05) is 25.2 Å². The summed E-state index contributed by atoms with van der Waals surface area (Å²) in [6.07, 6.45) is 0.710. The molecule has 1 unspecified atom stereocenters. The SMILES string of the molecule is Cc1noc2nc(-c3ccc(F)cc3)cc(C(=O)N(C)CCC(N)C(C)C)c12.Cl. The van der Waals surface area contributed by atoms with Crippen molar-refractivity contribution in [3.63, 3.8) is 0 Å². The number of fused-ring (bicyclic) bond motifs is 1. The normalized spacial score (nSPS) is 12.1.